The fourth-order valence-electron chi connectivity index (χ4n) is 3.98. The molecule has 0 aliphatic carbocycles. The van der Waals surface area contributed by atoms with Gasteiger partial charge in [0.15, 0.2) is 0 Å². The fraction of sp³-hybridized carbons (Fsp3) is 0.174. The lowest BCUT2D eigenvalue weighted by Crippen LogP contribution is -2.46. The lowest BCUT2D eigenvalue weighted by molar-refractivity contribution is 0.562. The number of piperazine rings is 1. The number of benzene rings is 3. The van der Waals surface area contributed by atoms with Crippen molar-refractivity contribution in [1.82, 2.24) is 0 Å². The first-order valence-corrected chi connectivity index (χ1v) is 9.30. The summed E-state index contributed by atoms with van der Waals surface area (Å²) in [6, 6.07) is 24.3. The highest BCUT2D eigenvalue weighted by molar-refractivity contribution is 6.08. The van der Waals surface area contributed by atoms with Crippen LogP contribution >= 0.6 is 0 Å². The topological polar surface area (TPSA) is 36.7 Å². The van der Waals surface area contributed by atoms with E-state index in [1.807, 2.05) is 30.3 Å². The molecule has 1 aliphatic rings. The quantitative estimate of drug-likeness (QED) is 0.397. The predicted molar refractivity (Wildman–Crippen MR) is 111 cm³/mol. The van der Waals surface area contributed by atoms with Gasteiger partial charge in [-0.3, -0.25) is 0 Å². The molecule has 1 aromatic heterocycles. The number of hydrogen-bond acceptors (Lipinski definition) is 4. The van der Waals surface area contributed by atoms with Crippen LogP contribution in [0.4, 0.5) is 11.4 Å². The normalized spacial score (nSPS) is 14.8. The minimum atomic E-state index is -0.292. The van der Waals surface area contributed by atoms with Crippen LogP contribution in [0.5, 0.6) is 0 Å². The van der Waals surface area contributed by atoms with Gasteiger partial charge in [-0.25, -0.2) is 4.79 Å². The molecule has 0 bridgehead atoms. The maximum atomic E-state index is 12.3. The van der Waals surface area contributed by atoms with Gasteiger partial charge in [0.1, 0.15) is 5.58 Å². The Bertz CT molecular complexity index is 1160. The van der Waals surface area contributed by atoms with E-state index in [9.17, 15) is 4.79 Å². The molecule has 27 heavy (non-hydrogen) atoms. The molecule has 1 saturated heterocycles. The molecule has 0 spiro atoms. The standard InChI is InChI=1S/C23H20N2O2/c26-22-16-21(20-11-10-17-6-4-5-9-19(17)23(20)27-22)25-14-12-24(13-15-25)18-7-2-1-3-8-18/h1-11,16H,12-15H2. The van der Waals surface area contributed by atoms with Crippen LogP contribution in [0.3, 0.4) is 0 Å². The van der Waals surface area contributed by atoms with Crippen LogP contribution in [0.25, 0.3) is 21.7 Å². The molecular formula is C23H20N2O2. The van der Waals surface area contributed by atoms with Crippen molar-refractivity contribution in [1.29, 1.82) is 0 Å². The third-order valence-corrected chi connectivity index (χ3v) is 5.35. The van der Waals surface area contributed by atoms with Gasteiger partial charge in [0, 0.05) is 48.7 Å². The number of anilines is 2. The van der Waals surface area contributed by atoms with Crippen LogP contribution in [-0.2, 0) is 0 Å². The van der Waals surface area contributed by atoms with Crippen LogP contribution in [0.2, 0.25) is 0 Å². The Morgan fingerprint density at radius 2 is 1.41 bits per heavy atom. The van der Waals surface area contributed by atoms with Crippen molar-refractivity contribution in [2.75, 3.05) is 36.0 Å². The summed E-state index contributed by atoms with van der Waals surface area (Å²) >= 11 is 0. The summed E-state index contributed by atoms with van der Waals surface area (Å²) in [4.78, 5) is 17.0. The molecule has 0 amide bonds. The van der Waals surface area contributed by atoms with Gasteiger partial charge >= 0.3 is 5.63 Å². The van der Waals surface area contributed by atoms with E-state index in [-0.39, 0.29) is 5.63 Å². The van der Waals surface area contributed by atoms with E-state index in [1.165, 1.54) is 5.69 Å². The van der Waals surface area contributed by atoms with E-state index < -0.39 is 0 Å². The average Bonchev–Trinajstić information content (AvgIpc) is 2.74. The first-order chi connectivity index (χ1) is 13.3. The summed E-state index contributed by atoms with van der Waals surface area (Å²) in [6.07, 6.45) is 0. The highest BCUT2D eigenvalue weighted by Gasteiger charge is 2.20. The maximum Gasteiger partial charge on any atom is 0.338 e. The van der Waals surface area contributed by atoms with Gasteiger partial charge in [0.2, 0.25) is 0 Å². The lowest BCUT2D eigenvalue weighted by Gasteiger charge is -2.37. The SMILES string of the molecule is O=c1cc(N2CCN(c3ccccc3)CC2)c2ccc3ccccc3c2o1. The molecule has 2 heterocycles. The molecule has 4 heteroatoms. The van der Waals surface area contributed by atoms with Crippen LogP contribution < -0.4 is 15.4 Å². The summed E-state index contributed by atoms with van der Waals surface area (Å²) in [7, 11) is 0. The molecule has 0 saturated carbocycles. The van der Waals surface area contributed by atoms with Crippen molar-refractivity contribution in [2.45, 2.75) is 0 Å². The molecule has 1 fully saturated rings. The van der Waals surface area contributed by atoms with Gasteiger partial charge in [-0.15, -0.1) is 0 Å². The molecule has 134 valence electrons. The smallest absolute Gasteiger partial charge is 0.338 e. The second-order valence-electron chi connectivity index (χ2n) is 6.92. The molecule has 4 nitrogen and oxygen atoms in total. The van der Waals surface area contributed by atoms with E-state index >= 15 is 0 Å². The molecule has 1 aliphatic heterocycles. The largest absolute Gasteiger partial charge is 0.422 e. The molecule has 0 radical (unpaired) electrons. The average molecular weight is 356 g/mol. The van der Waals surface area contributed by atoms with Crippen LogP contribution in [0, 0.1) is 0 Å². The van der Waals surface area contributed by atoms with E-state index in [0.29, 0.717) is 5.58 Å². The third-order valence-electron chi connectivity index (χ3n) is 5.35. The van der Waals surface area contributed by atoms with Crippen molar-refractivity contribution >= 4 is 33.1 Å². The van der Waals surface area contributed by atoms with E-state index in [0.717, 1.165) is 48.0 Å². The summed E-state index contributed by atoms with van der Waals surface area (Å²) in [6.45, 7) is 3.61. The van der Waals surface area contributed by atoms with Crippen LogP contribution in [0.15, 0.2) is 82.0 Å². The molecule has 0 N–H and O–H groups in total. The van der Waals surface area contributed by atoms with Crippen molar-refractivity contribution in [2.24, 2.45) is 0 Å². The number of rotatable bonds is 2. The summed E-state index contributed by atoms with van der Waals surface area (Å²) in [5, 5.41) is 3.07. The Morgan fingerprint density at radius 3 is 2.22 bits per heavy atom. The monoisotopic (exact) mass is 356 g/mol. The van der Waals surface area contributed by atoms with Gasteiger partial charge in [0.25, 0.3) is 0 Å². The molecule has 5 rings (SSSR count). The summed E-state index contributed by atoms with van der Waals surface area (Å²) in [5.41, 5.74) is 2.61. The Labute approximate surface area is 157 Å². The van der Waals surface area contributed by atoms with Gasteiger partial charge in [0.05, 0.1) is 5.69 Å². The number of fused-ring (bicyclic) bond motifs is 3. The van der Waals surface area contributed by atoms with Crippen LogP contribution in [-0.4, -0.2) is 26.2 Å². The number of para-hydroxylation sites is 1. The van der Waals surface area contributed by atoms with Gasteiger partial charge in [-0.05, 0) is 23.6 Å². The van der Waals surface area contributed by atoms with Gasteiger partial charge in [-0.1, -0.05) is 48.5 Å². The van der Waals surface area contributed by atoms with Crippen molar-refractivity contribution in [3.63, 3.8) is 0 Å². The lowest BCUT2D eigenvalue weighted by atomic mass is 10.1. The zero-order valence-corrected chi connectivity index (χ0v) is 15.0. The molecule has 4 aromatic rings. The van der Waals surface area contributed by atoms with Crippen molar-refractivity contribution in [3.8, 4) is 0 Å². The second kappa shape index (κ2) is 6.47. The third kappa shape index (κ3) is 2.83. The fourth-order valence-corrected chi connectivity index (χ4v) is 3.98. The molecular weight excluding hydrogens is 336 g/mol. The van der Waals surface area contributed by atoms with Crippen molar-refractivity contribution in [3.05, 3.63) is 83.2 Å². The zero-order valence-electron chi connectivity index (χ0n) is 15.0. The summed E-state index contributed by atoms with van der Waals surface area (Å²) < 4.78 is 5.60. The zero-order chi connectivity index (χ0) is 18.2. The maximum absolute atomic E-state index is 12.3. The second-order valence-corrected chi connectivity index (χ2v) is 6.92. The number of hydrogen-bond donors (Lipinski definition) is 0. The van der Waals surface area contributed by atoms with Crippen LogP contribution in [0.1, 0.15) is 0 Å². The minimum absolute atomic E-state index is 0.292. The van der Waals surface area contributed by atoms with Gasteiger partial charge < -0.3 is 14.2 Å². The molecule has 3 aromatic carbocycles. The molecule has 0 atom stereocenters. The Kier molecular flexibility index (Phi) is 3.82. The molecule has 0 unspecified atom stereocenters. The van der Waals surface area contributed by atoms with Crippen molar-refractivity contribution < 1.29 is 4.42 Å². The van der Waals surface area contributed by atoms with E-state index in [2.05, 4.69) is 46.2 Å². The van der Waals surface area contributed by atoms with E-state index in [1.54, 1.807) is 6.07 Å². The summed E-state index contributed by atoms with van der Waals surface area (Å²) in [5.74, 6) is 0. The predicted octanol–water partition coefficient (Wildman–Crippen LogP) is 4.27. The Balaban J connectivity index is 1.52. The first-order valence-electron chi connectivity index (χ1n) is 9.30. The van der Waals surface area contributed by atoms with E-state index in [4.69, 9.17) is 4.42 Å². The van der Waals surface area contributed by atoms with Gasteiger partial charge in [-0.2, -0.15) is 0 Å². The highest BCUT2D eigenvalue weighted by Crippen LogP contribution is 2.31. The first kappa shape index (κ1) is 15.9. The number of nitrogens with zero attached hydrogens (tertiary/aromatic N) is 2. The minimum Gasteiger partial charge on any atom is -0.422 e. The highest BCUT2D eigenvalue weighted by atomic mass is 16.4. The Hall–Kier alpha value is -3.27. The Morgan fingerprint density at radius 1 is 0.704 bits per heavy atom.